The molecule has 0 radical (unpaired) electrons. The predicted octanol–water partition coefficient (Wildman–Crippen LogP) is 1.54. The molecule has 0 bridgehead atoms. The van der Waals surface area contributed by atoms with Crippen LogP contribution in [0.15, 0.2) is 6.20 Å². The number of nitrogens with zero attached hydrogens (tertiary/aromatic N) is 7. The van der Waals surface area contributed by atoms with E-state index in [2.05, 4.69) is 46.9 Å². The molecule has 4 heterocycles. The number of anilines is 1. The number of hydrogen-bond acceptors (Lipinski definition) is 6. The number of nitrogens with one attached hydrogen (secondary N) is 1. The summed E-state index contributed by atoms with van der Waals surface area (Å²) in [6, 6.07) is 1.67. The van der Waals surface area contributed by atoms with Crippen molar-refractivity contribution in [2.45, 2.75) is 57.7 Å². The first-order valence-electron chi connectivity index (χ1n) is 9.65. The SMILES string of the molecule is CCn1c(-c2cn[nH]n2)nnc1N1CCC2C(CCCN2C2CC2)C1. The van der Waals surface area contributed by atoms with Crippen molar-refractivity contribution < 1.29 is 0 Å². The highest BCUT2D eigenvalue weighted by Crippen LogP contribution is 2.39. The Morgan fingerprint density at radius 2 is 2.08 bits per heavy atom. The van der Waals surface area contributed by atoms with Gasteiger partial charge in [-0.25, -0.2) is 0 Å². The zero-order valence-corrected chi connectivity index (χ0v) is 14.8. The fraction of sp³-hybridized carbons (Fsp3) is 0.765. The Hall–Kier alpha value is -1.96. The lowest BCUT2D eigenvalue weighted by Crippen LogP contribution is -2.55. The van der Waals surface area contributed by atoms with Crippen LogP contribution < -0.4 is 4.90 Å². The molecular weight excluding hydrogens is 316 g/mol. The van der Waals surface area contributed by atoms with Gasteiger partial charge in [-0.15, -0.1) is 10.2 Å². The molecule has 3 aliphatic rings. The van der Waals surface area contributed by atoms with Crippen molar-refractivity contribution in [3.8, 4) is 11.5 Å². The van der Waals surface area contributed by atoms with Gasteiger partial charge >= 0.3 is 0 Å². The van der Waals surface area contributed by atoms with Crippen LogP contribution in [0.5, 0.6) is 0 Å². The first kappa shape index (κ1) is 15.3. The van der Waals surface area contributed by atoms with E-state index in [0.29, 0.717) is 0 Å². The van der Waals surface area contributed by atoms with E-state index in [1.165, 1.54) is 38.6 Å². The fourth-order valence-corrected chi connectivity index (χ4v) is 4.80. The smallest absolute Gasteiger partial charge is 0.227 e. The Morgan fingerprint density at radius 3 is 2.84 bits per heavy atom. The van der Waals surface area contributed by atoms with Crippen molar-refractivity contribution in [2.75, 3.05) is 24.5 Å². The largest absolute Gasteiger partial charge is 0.341 e. The van der Waals surface area contributed by atoms with Gasteiger partial charge in [0.25, 0.3) is 0 Å². The molecule has 2 unspecified atom stereocenters. The van der Waals surface area contributed by atoms with Crippen molar-refractivity contribution in [3.05, 3.63) is 6.20 Å². The molecule has 2 aliphatic heterocycles. The molecule has 2 atom stereocenters. The van der Waals surface area contributed by atoms with Gasteiger partial charge < -0.3 is 4.90 Å². The number of aromatic nitrogens is 6. The summed E-state index contributed by atoms with van der Waals surface area (Å²) in [7, 11) is 0. The van der Waals surface area contributed by atoms with Crippen LogP contribution >= 0.6 is 0 Å². The molecule has 1 saturated carbocycles. The Labute approximate surface area is 147 Å². The Bertz CT molecular complexity index is 719. The summed E-state index contributed by atoms with van der Waals surface area (Å²) >= 11 is 0. The number of rotatable bonds is 4. The molecule has 8 nitrogen and oxygen atoms in total. The number of likely N-dealkylation sites (tertiary alicyclic amines) is 1. The average molecular weight is 342 g/mol. The third-order valence-electron chi connectivity index (χ3n) is 6.10. The van der Waals surface area contributed by atoms with Gasteiger partial charge in [0.2, 0.25) is 5.95 Å². The third-order valence-corrected chi connectivity index (χ3v) is 6.10. The molecule has 8 heteroatoms. The van der Waals surface area contributed by atoms with Gasteiger partial charge in [0.05, 0.1) is 6.20 Å². The van der Waals surface area contributed by atoms with Crippen LogP contribution in [0, 0.1) is 5.92 Å². The maximum atomic E-state index is 4.51. The molecule has 1 aliphatic carbocycles. The monoisotopic (exact) mass is 342 g/mol. The summed E-state index contributed by atoms with van der Waals surface area (Å²) in [5.41, 5.74) is 0.757. The molecule has 1 N–H and O–H groups in total. The molecule has 2 saturated heterocycles. The molecule has 0 aromatic carbocycles. The Kier molecular flexibility index (Phi) is 3.73. The molecule has 2 aromatic heterocycles. The second-order valence-corrected chi connectivity index (χ2v) is 7.60. The number of piperidine rings is 2. The van der Waals surface area contributed by atoms with E-state index in [1.54, 1.807) is 6.20 Å². The van der Waals surface area contributed by atoms with Crippen LogP contribution in [0.3, 0.4) is 0 Å². The first-order chi connectivity index (χ1) is 12.3. The highest BCUT2D eigenvalue weighted by atomic mass is 15.4. The van der Waals surface area contributed by atoms with E-state index in [1.807, 2.05) is 0 Å². The van der Waals surface area contributed by atoms with Gasteiger partial charge in [-0.3, -0.25) is 9.47 Å². The van der Waals surface area contributed by atoms with Gasteiger partial charge in [-0.05, 0) is 51.5 Å². The van der Waals surface area contributed by atoms with Gasteiger partial charge in [0, 0.05) is 31.7 Å². The van der Waals surface area contributed by atoms with Crippen molar-refractivity contribution >= 4 is 5.95 Å². The van der Waals surface area contributed by atoms with Crippen molar-refractivity contribution in [2.24, 2.45) is 5.92 Å². The van der Waals surface area contributed by atoms with E-state index < -0.39 is 0 Å². The number of fused-ring (bicyclic) bond motifs is 1. The van der Waals surface area contributed by atoms with E-state index in [0.717, 1.165) is 55.1 Å². The minimum Gasteiger partial charge on any atom is -0.341 e. The summed E-state index contributed by atoms with van der Waals surface area (Å²) in [5, 5.41) is 19.7. The standard InChI is InChI=1S/C17H26N8/c1-2-24-16(14-10-18-22-19-14)20-21-17(24)23-9-7-15-12(11-23)4-3-8-25(15)13-5-6-13/h10,12-13,15H,2-9,11H2,1H3,(H,18,19,22). The summed E-state index contributed by atoms with van der Waals surface area (Å²) in [6.45, 7) is 6.46. The zero-order chi connectivity index (χ0) is 16.8. The molecule has 3 fully saturated rings. The van der Waals surface area contributed by atoms with E-state index in [9.17, 15) is 0 Å². The van der Waals surface area contributed by atoms with Gasteiger partial charge in [0.1, 0.15) is 5.69 Å². The lowest BCUT2D eigenvalue weighted by molar-refractivity contribution is 0.0693. The van der Waals surface area contributed by atoms with Crippen LogP contribution in [0.2, 0.25) is 0 Å². The normalized spacial score (nSPS) is 27.5. The average Bonchev–Trinajstić information content (AvgIpc) is 3.18. The topological polar surface area (TPSA) is 78.8 Å². The molecule has 5 rings (SSSR count). The van der Waals surface area contributed by atoms with Crippen molar-refractivity contribution in [1.29, 1.82) is 0 Å². The Morgan fingerprint density at radius 1 is 1.16 bits per heavy atom. The summed E-state index contributed by atoms with van der Waals surface area (Å²) in [4.78, 5) is 5.26. The van der Waals surface area contributed by atoms with E-state index >= 15 is 0 Å². The number of hydrogen-bond donors (Lipinski definition) is 1. The maximum absolute atomic E-state index is 4.51. The predicted molar refractivity (Wildman–Crippen MR) is 94.1 cm³/mol. The van der Waals surface area contributed by atoms with Crippen LogP contribution in [-0.4, -0.2) is 66.8 Å². The minimum absolute atomic E-state index is 0.757. The minimum atomic E-state index is 0.757. The van der Waals surface area contributed by atoms with Crippen LogP contribution in [-0.2, 0) is 6.54 Å². The summed E-state index contributed by atoms with van der Waals surface area (Å²) in [5.74, 6) is 2.56. The molecule has 25 heavy (non-hydrogen) atoms. The van der Waals surface area contributed by atoms with Crippen LogP contribution in [0.4, 0.5) is 5.95 Å². The molecule has 0 spiro atoms. The fourth-order valence-electron chi connectivity index (χ4n) is 4.80. The van der Waals surface area contributed by atoms with E-state index in [4.69, 9.17) is 0 Å². The Balaban J connectivity index is 1.38. The molecular formula is C17H26N8. The van der Waals surface area contributed by atoms with Gasteiger partial charge in [0.15, 0.2) is 5.82 Å². The van der Waals surface area contributed by atoms with Gasteiger partial charge in [-0.1, -0.05) is 0 Å². The van der Waals surface area contributed by atoms with Gasteiger partial charge in [-0.2, -0.15) is 15.4 Å². The third kappa shape index (κ3) is 2.63. The summed E-state index contributed by atoms with van der Waals surface area (Å²) < 4.78 is 2.17. The highest BCUT2D eigenvalue weighted by Gasteiger charge is 2.42. The maximum Gasteiger partial charge on any atom is 0.227 e. The summed E-state index contributed by atoms with van der Waals surface area (Å²) in [6.07, 6.45) is 8.48. The zero-order valence-electron chi connectivity index (χ0n) is 14.8. The molecule has 134 valence electrons. The first-order valence-corrected chi connectivity index (χ1v) is 9.65. The lowest BCUT2D eigenvalue weighted by Gasteiger charge is -2.47. The lowest BCUT2D eigenvalue weighted by atomic mass is 9.84. The number of aromatic amines is 1. The van der Waals surface area contributed by atoms with Crippen molar-refractivity contribution in [3.63, 3.8) is 0 Å². The quantitative estimate of drug-likeness (QED) is 0.908. The van der Waals surface area contributed by atoms with Crippen LogP contribution in [0.1, 0.15) is 39.0 Å². The highest BCUT2D eigenvalue weighted by molar-refractivity contribution is 5.51. The van der Waals surface area contributed by atoms with Crippen molar-refractivity contribution in [1.82, 2.24) is 35.1 Å². The van der Waals surface area contributed by atoms with Crippen LogP contribution in [0.25, 0.3) is 11.5 Å². The second kappa shape index (κ2) is 6.09. The molecule has 2 aromatic rings. The second-order valence-electron chi connectivity index (χ2n) is 7.60. The van der Waals surface area contributed by atoms with E-state index in [-0.39, 0.29) is 0 Å². The molecule has 0 amide bonds. The number of H-pyrrole nitrogens is 1.